The van der Waals surface area contributed by atoms with Gasteiger partial charge in [0.2, 0.25) is 10.9 Å². The largest absolute Gasteiger partial charge is 0.490 e. The van der Waals surface area contributed by atoms with Gasteiger partial charge in [0.1, 0.15) is 0 Å². The molecule has 2 rings (SSSR count). The normalized spacial score (nSPS) is 11.4. The molecule has 0 radical (unpaired) electrons. The Balaban J connectivity index is 2.04. The Labute approximate surface area is 138 Å². The average Bonchev–Trinajstić information content (AvgIpc) is 2.89. The number of anilines is 1. The van der Waals surface area contributed by atoms with Crippen molar-refractivity contribution in [3.63, 3.8) is 0 Å². The van der Waals surface area contributed by atoms with Crippen LogP contribution in [0.3, 0.4) is 0 Å². The molecule has 1 N–H and O–H groups in total. The van der Waals surface area contributed by atoms with E-state index in [1.54, 1.807) is 0 Å². The molecular formula is C16H19F2N3OS. The number of nitrogens with one attached hydrogen (secondary N) is 1. The van der Waals surface area contributed by atoms with Gasteiger partial charge in [-0.25, -0.2) is 9.37 Å². The second-order valence-electron chi connectivity index (χ2n) is 5.51. The maximum absolute atomic E-state index is 13.7. The molecule has 124 valence electrons. The summed E-state index contributed by atoms with van der Waals surface area (Å²) in [6.07, 6.45) is 2.17. The minimum Gasteiger partial charge on any atom is -0.490 e. The number of nitrogens with zero attached hydrogens (tertiary/aromatic N) is 2. The smallest absolute Gasteiger partial charge is 0.203 e. The van der Waals surface area contributed by atoms with Gasteiger partial charge in [0.05, 0.1) is 18.5 Å². The van der Waals surface area contributed by atoms with E-state index in [2.05, 4.69) is 15.5 Å². The SMILES string of the molecule is Cc1csc(NN=Cc2cc(F)c(F)c(OCCC(C)C)c2)n1. The van der Waals surface area contributed by atoms with E-state index in [1.807, 2.05) is 26.2 Å². The van der Waals surface area contributed by atoms with Gasteiger partial charge in [-0.2, -0.15) is 9.49 Å². The van der Waals surface area contributed by atoms with Crippen molar-refractivity contribution in [3.05, 3.63) is 40.4 Å². The van der Waals surface area contributed by atoms with Gasteiger partial charge < -0.3 is 4.74 Å². The maximum atomic E-state index is 13.7. The first kappa shape index (κ1) is 17.3. The lowest BCUT2D eigenvalue weighted by molar-refractivity contribution is 0.272. The molecule has 0 unspecified atom stereocenters. The van der Waals surface area contributed by atoms with Crippen LogP contribution in [-0.4, -0.2) is 17.8 Å². The summed E-state index contributed by atoms with van der Waals surface area (Å²) in [5.74, 6) is -1.61. The van der Waals surface area contributed by atoms with Crippen LogP contribution in [0.4, 0.5) is 13.9 Å². The molecule has 23 heavy (non-hydrogen) atoms. The molecule has 0 aliphatic rings. The number of benzene rings is 1. The summed E-state index contributed by atoms with van der Waals surface area (Å²) in [6, 6.07) is 2.50. The van der Waals surface area contributed by atoms with Crippen LogP contribution in [0.2, 0.25) is 0 Å². The molecule has 0 spiro atoms. The van der Waals surface area contributed by atoms with Crippen molar-refractivity contribution < 1.29 is 13.5 Å². The number of hydrogen-bond acceptors (Lipinski definition) is 5. The summed E-state index contributed by atoms with van der Waals surface area (Å²) < 4.78 is 32.7. The summed E-state index contributed by atoms with van der Waals surface area (Å²) >= 11 is 1.41. The van der Waals surface area contributed by atoms with Crippen molar-refractivity contribution in [3.8, 4) is 5.75 Å². The molecule has 0 saturated heterocycles. The number of thiazole rings is 1. The zero-order valence-electron chi connectivity index (χ0n) is 13.3. The number of ether oxygens (including phenoxy) is 1. The van der Waals surface area contributed by atoms with Gasteiger partial charge in [-0.3, -0.25) is 5.43 Å². The highest BCUT2D eigenvalue weighted by Crippen LogP contribution is 2.22. The Kier molecular flexibility index (Phi) is 6.04. The summed E-state index contributed by atoms with van der Waals surface area (Å²) in [6.45, 7) is 6.29. The fourth-order valence-electron chi connectivity index (χ4n) is 1.74. The number of aromatic nitrogens is 1. The number of halogens is 2. The number of aryl methyl sites for hydroxylation is 1. The quantitative estimate of drug-likeness (QED) is 0.592. The van der Waals surface area contributed by atoms with E-state index in [0.717, 1.165) is 18.2 Å². The Hall–Kier alpha value is -2.02. The molecule has 0 fully saturated rings. The van der Waals surface area contributed by atoms with Crippen molar-refractivity contribution in [1.29, 1.82) is 0 Å². The molecule has 2 aromatic rings. The molecule has 0 aliphatic heterocycles. The number of hydrazone groups is 1. The van der Waals surface area contributed by atoms with E-state index < -0.39 is 11.6 Å². The molecule has 0 amide bonds. The molecule has 1 aromatic carbocycles. The standard InChI is InChI=1S/C16H19F2N3OS/c1-10(2)4-5-22-14-7-12(6-13(17)15(14)18)8-19-21-16-20-11(3)9-23-16/h6-10H,4-5H2,1-3H3,(H,20,21). The lowest BCUT2D eigenvalue weighted by Crippen LogP contribution is -2.04. The van der Waals surface area contributed by atoms with E-state index in [9.17, 15) is 8.78 Å². The van der Waals surface area contributed by atoms with Crippen molar-refractivity contribution in [2.45, 2.75) is 27.2 Å². The molecule has 0 bridgehead atoms. The Morgan fingerprint density at radius 2 is 2.17 bits per heavy atom. The second-order valence-corrected chi connectivity index (χ2v) is 6.37. The first-order valence-corrected chi connectivity index (χ1v) is 8.16. The summed E-state index contributed by atoms with van der Waals surface area (Å²) in [5, 5.41) is 6.49. The van der Waals surface area contributed by atoms with Crippen LogP contribution in [0.5, 0.6) is 5.75 Å². The number of hydrogen-bond donors (Lipinski definition) is 1. The molecular weight excluding hydrogens is 320 g/mol. The minimum atomic E-state index is -0.977. The van der Waals surface area contributed by atoms with Crippen LogP contribution < -0.4 is 10.2 Å². The molecule has 1 aromatic heterocycles. The molecule has 4 nitrogen and oxygen atoms in total. The molecule has 7 heteroatoms. The highest BCUT2D eigenvalue weighted by molar-refractivity contribution is 7.13. The first-order chi connectivity index (χ1) is 11.0. The molecule has 0 atom stereocenters. The van der Waals surface area contributed by atoms with E-state index >= 15 is 0 Å². The van der Waals surface area contributed by atoms with Crippen LogP contribution in [0, 0.1) is 24.5 Å². The van der Waals surface area contributed by atoms with Crippen LogP contribution >= 0.6 is 11.3 Å². The third-order valence-electron chi connectivity index (χ3n) is 2.96. The van der Waals surface area contributed by atoms with E-state index in [0.29, 0.717) is 23.2 Å². The van der Waals surface area contributed by atoms with E-state index in [-0.39, 0.29) is 5.75 Å². The van der Waals surface area contributed by atoms with Crippen LogP contribution in [-0.2, 0) is 0 Å². The van der Waals surface area contributed by atoms with Gasteiger partial charge in [-0.1, -0.05) is 13.8 Å². The highest BCUT2D eigenvalue weighted by Gasteiger charge is 2.11. The molecule has 0 aliphatic carbocycles. The van der Waals surface area contributed by atoms with Gasteiger partial charge in [-0.05, 0) is 31.4 Å². The number of rotatable bonds is 7. The van der Waals surface area contributed by atoms with Gasteiger partial charge in [-0.15, -0.1) is 11.3 Å². The lowest BCUT2D eigenvalue weighted by atomic mass is 10.1. The minimum absolute atomic E-state index is 0.0998. The topological polar surface area (TPSA) is 46.5 Å². The monoisotopic (exact) mass is 339 g/mol. The molecule has 0 saturated carbocycles. The third kappa shape index (κ3) is 5.28. The summed E-state index contributed by atoms with van der Waals surface area (Å²) in [4.78, 5) is 4.18. The van der Waals surface area contributed by atoms with Crippen molar-refractivity contribution in [2.75, 3.05) is 12.0 Å². The van der Waals surface area contributed by atoms with Crippen LogP contribution in [0.1, 0.15) is 31.5 Å². The maximum Gasteiger partial charge on any atom is 0.203 e. The Bertz CT molecular complexity index is 686. The van der Waals surface area contributed by atoms with Gasteiger partial charge in [0.15, 0.2) is 11.6 Å². The van der Waals surface area contributed by atoms with Gasteiger partial charge in [0, 0.05) is 10.9 Å². The van der Waals surface area contributed by atoms with E-state index in [4.69, 9.17) is 4.74 Å². The predicted molar refractivity (Wildman–Crippen MR) is 89.4 cm³/mol. The van der Waals surface area contributed by atoms with Gasteiger partial charge >= 0.3 is 0 Å². The second kappa shape index (κ2) is 8.01. The lowest BCUT2D eigenvalue weighted by Gasteiger charge is -2.10. The van der Waals surface area contributed by atoms with Crippen molar-refractivity contribution in [2.24, 2.45) is 11.0 Å². The summed E-state index contributed by atoms with van der Waals surface area (Å²) in [7, 11) is 0. The third-order valence-corrected chi connectivity index (χ3v) is 3.83. The van der Waals surface area contributed by atoms with Crippen LogP contribution in [0.25, 0.3) is 0 Å². The predicted octanol–water partition coefficient (Wildman–Crippen LogP) is 4.60. The van der Waals surface area contributed by atoms with Crippen LogP contribution in [0.15, 0.2) is 22.6 Å². The van der Waals surface area contributed by atoms with Crippen molar-refractivity contribution in [1.82, 2.24) is 4.98 Å². The highest BCUT2D eigenvalue weighted by atomic mass is 32.1. The van der Waals surface area contributed by atoms with Gasteiger partial charge in [0.25, 0.3) is 0 Å². The Morgan fingerprint density at radius 3 is 2.83 bits per heavy atom. The zero-order chi connectivity index (χ0) is 16.8. The zero-order valence-corrected chi connectivity index (χ0v) is 14.1. The average molecular weight is 339 g/mol. The first-order valence-electron chi connectivity index (χ1n) is 7.28. The fraction of sp³-hybridized carbons (Fsp3) is 0.375. The summed E-state index contributed by atoms with van der Waals surface area (Å²) in [5.41, 5.74) is 4.04. The Morgan fingerprint density at radius 1 is 1.39 bits per heavy atom. The van der Waals surface area contributed by atoms with E-state index in [1.165, 1.54) is 23.6 Å². The molecule has 1 heterocycles. The fourth-order valence-corrected chi connectivity index (χ4v) is 2.37. The van der Waals surface area contributed by atoms with Crippen molar-refractivity contribution >= 4 is 22.7 Å².